The lowest BCUT2D eigenvalue weighted by Crippen LogP contribution is -1.93. The first-order valence-corrected chi connectivity index (χ1v) is 6.41. The average Bonchev–Trinajstić information content (AvgIpc) is 2.77. The zero-order chi connectivity index (χ0) is 13.4. The van der Waals surface area contributed by atoms with Gasteiger partial charge in [-0.15, -0.1) is 11.6 Å². The Balaban J connectivity index is 0.000000280. The first kappa shape index (κ1) is 14.5. The molecule has 0 spiro atoms. The van der Waals surface area contributed by atoms with Crippen LogP contribution in [-0.4, -0.2) is 20.9 Å². The summed E-state index contributed by atoms with van der Waals surface area (Å²) in [5, 5.41) is 7.59. The number of hydrogen-bond donors (Lipinski definition) is 1. The summed E-state index contributed by atoms with van der Waals surface area (Å²) in [6.07, 6.45) is 1.82. The predicted molar refractivity (Wildman–Crippen MR) is 72.5 cm³/mol. The van der Waals surface area contributed by atoms with Crippen molar-refractivity contribution in [2.45, 2.75) is 6.54 Å². The van der Waals surface area contributed by atoms with E-state index in [0.717, 1.165) is 6.54 Å². The minimum Gasteiger partial charge on any atom is -0.480 e. The largest absolute Gasteiger partial charge is 0.480 e. The molecule has 0 unspecified atom stereocenters. The molecule has 1 heterocycles. The van der Waals surface area contributed by atoms with Crippen molar-refractivity contribution in [1.82, 2.24) is 3.96 Å². The van der Waals surface area contributed by atoms with Gasteiger partial charge in [0, 0.05) is 12.3 Å². The van der Waals surface area contributed by atoms with E-state index >= 15 is 0 Å². The number of halogens is 1. The minimum absolute atomic E-state index is 0.107. The number of benzene rings is 1. The van der Waals surface area contributed by atoms with E-state index in [2.05, 4.69) is 12.1 Å². The summed E-state index contributed by atoms with van der Waals surface area (Å²) in [4.78, 5) is 20.1. The zero-order valence-electron chi connectivity index (χ0n) is 9.45. The molecule has 0 aliphatic carbocycles. The van der Waals surface area contributed by atoms with Crippen LogP contribution in [-0.2, 0) is 11.3 Å². The molecule has 1 aromatic heterocycles. The summed E-state index contributed by atoms with van der Waals surface area (Å²) < 4.78 is 2.04. The van der Waals surface area contributed by atoms with Crippen molar-refractivity contribution in [3.8, 4) is 0 Å². The highest BCUT2D eigenvalue weighted by molar-refractivity contribution is 7.03. The highest BCUT2D eigenvalue weighted by atomic mass is 35.5. The number of carboxylic acid groups (broad SMARTS) is 1. The molecule has 0 bridgehead atoms. The van der Waals surface area contributed by atoms with Crippen LogP contribution < -0.4 is 4.74 Å². The Morgan fingerprint density at radius 3 is 2.33 bits per heavy atom. The van der Waals surface area contributed by atoms with Gasteiger partial charge in [-0.1, -0.05) is 30.3 Å². The van der Waals surface area contributed by atoms with Gasteiger partial charge in [-0.2, -0.15) is 0 Å². The van der Waals surface area contributed by atoms with Gasteiger partial charge < -0.3 is 5.11 Å². The minimum atomic E-state index is -0.980. The van der Waals surface area contributed by atoms with Gasteiger partial charge in [0.2, 0.25) is 4.74 Å². The van der Waals surface area contributed by atoms with E-state index in [9.17, 15) is 9.59 Å². The fourth-order valence-corrected chi connectivity index (χ4v) is 1.86. The molecule has 6 heteroatoms. The molecular weight excluding hydrogens is 274 g/mol. The number of aliphatic carboxylic acids is 1. The Morgan fingerprint density at radius 2 is 1.89 bits per heavy atom. The monoisotopic (exact) mass is 285 g/mol. The van der Waals surface area contributed by atoms with Crippen LogP contribution in [0, 0.1) is 0 Å². The number of hydrogen-bond acceptors (Lipinski definition) is 3. The van der Waals surface area contributed by atoms with Crippen LogP contribution in [0.3, 0.4) is 0 Å². The van der Waals surface area contributed by atoms with Crippen LogP contribution in [0.25, 0.3) is 0 Å². The van der Waals surface area contributed by atoms with E-state index in [0.29, 0.717) is 0 Å². The van der Waals surface area contributed by atoms with E-state index < -0.39 is 5.97 Å². The molecule has 0 aliphatic rings. The van der Waals surface area contributed by atoms with Crippen LogP contribution in [0.2, 0.25) is 0 Å². The second-order valence-electron chi connectivity index (χ2n) is 3.31. The molecule has 4 nitrogen and oxygen atoms in total. The van der Waals surface area contributed by atoms with Crippen molar-refractivity contribution in [3.63, 3.8) is 0 Å². The third-order valence-corrected chi connectivity index (χ3v) is 2.91. The number of carbonyl (C=O) groups is 1. The smallest absolute Gasteiger partial charge is 0.318 e. The summed E-state index contributed by atoms with van der Waals surface area (Å²) in [5.41, 5.74) is 1.22. The lowest BCUT2D eigenvalue weighted by Gasteiger charge is -1.99. The van der Waals surface area contributed by atoms with Crippen LogP contribution in [0.15, 0.2) is 47.4 Å². The molecule has 1 N–H and O–H groups in total. The lowest BCUT2D eigenvalue weighted by molar-refractivity contribution is -0.134. The first-order chi connectivity index (χ1) is 8.61. The third kappa shape index (κ3) is 5.65. The second kappa shape index (κ2) is 7.68. The Morgan fingerprint density at radius 1 is 1.28 bits per heavy atom. The van der Waals surface area contributed by atoms with Crippen molar-refractivity contribution in [2.75, 3.05) is 5.88 Å². The number of aromatic nitrogens is 1. The molecule has 0 saturated heterocycles. The molecule has 0 saturated carbocycles. The summed E-state index contributed by atoms with van der Waals surface area (Å²) in [7, 11) is 0. The molecule has 2 rings (SSSR count). The van der Waals surface area contributed by atoms with E-state index in [1.807, 2.05) is 28.4 Å². The van der Waals surface area contributed by atoms with Gasteiger partial charge in [-0.05, 0) is 17.1 Å². The Kier molecular flexibility index (Phi) is 6.18. The quantitative estimate of drug-likeness (QED) is 0.880. The second-order valence-corrected chi connectivity index (χ2v) is 4.64. The average molecular weight is 286 g/mol. The molecular formula is C12H12ClNO3S. The Hall–Kier alpha value is -1.59. The molecule has 0 atom stereocenters. The summed E-state index contributed by atoms with van der Waals surface area (Å²) in [6, 6.07) is 11.7. The van der Waals surface area contributed by atoms with Gasteiger partial charge in [-0.3, -0.25) is 13.5 Å². The third-order valence-electron chi connectivity index (χ3n) is 1.88. The maximum absolute atomic E-state index is 10.9. The molecule has 0 amide bonds. The SMILES string of the molecule is O=C(O)CCl.O=c1ccn(Cc2ccccc2)s1. The normalized spacial score (nSPS) is 9.39. The number of rotatable bonds is 3. The van der Waals surface area contributed by atoms with E-state index in [-0.39, 0.29) is 10.6 Å². The molecule has 0 fully saturated rings. The van der Waals surface area contributed by atoms with E-state index in [1.165, 1.54) is 17.1 Å². The van der Waals surface area contributed by atoms with Crippen molar-refractivity contribution < 1.29 is 9.90 Å². The van der Waals surface area contributed by atoms with Crippen LogP contribution in [0.5, 0.6) is 0 Å². The fraction of sp³-hybridized carbons (Fsp3) is 0.167. The predicted octanol–water partition coefficient (Wildman–Crippen LogP) is 2.27. The van der Waals surface area contributed by atoms with Gasteiger partial charge in [0.15, 0.2) is 0 Å². The highest BCUT2D eigenvalue weighted by Crippen LogP contribution is 2.03. The van der Waals surface area contributed by atoms with Gasteiger partial charge in [0.05, 0.1) is 6.54 Å². The summed E-state index contributed by atoms with van der Waals surface area (Å²) in [5.74, 6) is -1.29. The van der Waals surface area contributed by atoms with Crippen LogP contribution in [0.4, 0.5) is 0 Å². The molecule has 1 aromatic carbocycles. The molecule has 2 aromatic rings. The summed E-state index contributed by atoms with van der Waals surface area (Å²) in [6.45, 7) is 0.785. The molecule has 0 radical (unpaired) electrons. The van der Waals surface area contributed by atoms with Gasteiger partial charge in [-0.25, -0.2) is 0 Å². The van der Waals surface area contributed by atoms with Crippen molar-refractivity contribution >= 4 is 29.1 Å². The highest BCUT2D eigenvalue weighted by Gasteiger charge is 1.94. The number of nitrogens with zero attached hydrogens (tertiary/aromatic N) is 1. The summed E-state index contributed by atoms with van der Waals surface area (Å²) >= 11 is 5.98. The first-order valence-electron chi connectivity index (χ1n) is 5.10. The van der Waals surface area contributed by atoms with Crippen molar-refractivity contribution in [1.29, 1.82) is 0 Å². The molecule has 18 heavy (non-hydrogen) atoms. The molecule has 0 aliphatic heterocycles. The topological polar surface area (TPSA) is 59.3 Å². The van der Waals surface area contributed by atoms with E-state index in [4.69, 9.17) is 16.7 Å². The van der Waals surface area contributed by atoms with Crippen LogP contribution >= 0.6 is 23.1 Å². The number of carboxylic acids is 1. The fourth-order valence-electron chi connectivity index (χ4n) is 1.17. The van der Waals surface area contributed by atoms with Gasteiger partial charge in [0.25, 0.3) is 0 Å². The standard InChI is InChI=1S/C10H9NOS.C2H3ClO2/c12-10-6-7-11(13-10)8-9-4-2-1-3-5-9;3-1-2(4)5/h1-7H,8H2;1H2,(H,4,5). The van der Waals surface area contributed by atoms with Crippen LogP contribution in [0.1, 0.15) is 5.56 Å². The Bertz CT molecular complexity index is 536. The lowest BCUT2D eigenvalue weighted by atomic mass is 10.2. The molecule has 96 valence electrons. The number of alkyl halides is 1. The Labute approximate surface area is 113 Å². The van der Waals surface area contributed by atoms with E-state index in [1.54, 1.807) is 6.07 Å². The van der Waals surface area contributed by atoms with Crippen molar-refractivity contribution in [3.05, 3.63) is 57.7 Å². The maximum atomic E-state index is 10.9. The van der Waals surface area contributed by atoms with Gasteiger partial charge >= 0.3 is 5.97 Å². The van der Waals surface area contributed by atoms with Crippen molar-refractivity contribution in [2.24, 2.45) is 0 Å². The maximum Gasteiger partial charge on any atom is 0.318 e. The van der Waals surface area contributed by atoms with Gasteiger partial charge in [0.1, 0.15) is 5.88 Å². The zero-order valence-corrected chi connectivity index (χ0v) is 11.0.